The molecule has 0 atom stereocenters. The molecule has 0 radical (unpaired) electrons. The van der Waals surface area contributed by atoms with Gasteiger partial charge in [-0.1, -0.05) is 0 Å². The van der Waals surface area contributed by atoms with Crippen LogP contribution in [0.25, 0.3) is 0 Å². The molecule has 2 aromatic rings. The second-order valence-electron chi connectivity index (χ2n) is 6.43. The van der Waals surface area contributed by atoms with Crippen molar-refractivity contribution in [1.29, 1.82) is 0 Å². The molecule has 9 nitrogen and oxygen atoms in total. The Morgan fingerprint density at radius 1 is 1.23 bits per heavy atom. The van der Waals surface area contributed by atoms with Crippen LogP contribution < -0.4 is 20.3 Å². The number of ether oxygens (including phenoxy) is 2. The minimum absolute atomic E-state index is 0.0871. The number of nitrogens with one attached hydrogen (secondary N) is 2. The highest BCUT2D eigenvalue weighted by molar-refractivity contribution is 7.80. The first kappa shape index (κ1) is 21.5. The van der Waals surface area contributed by atoms with Crippen LogP contribution in [0.1, 0.15) is 17.3 Å². The lowest BCUT2D eigenvalue weighted by Gasteiger charge is -2.28. The Balaban J connectivity index is 1.67. The minimum atomic E-state index is -0.532. The molecule has 1 amide bonds. The smallest absolute Gasteiger partial charge is 0.293 e. The standard InChI is InChI=1S/C20H22N4O5S/c1-2-29-16-6-4-15(5-7-16)21-20(30)22-19(25)14-3-8-17(18(13-14)24(26)27)23-9-11-28-12-10-23/h3-8,13H,2,9-12H2,1H3,(H2,21,22,25,30). The summed E-state index contributed by atoms with van der Waals surface area (Å²) in [7, 11) is 0. The lowest BCUT2D eigenvalue weighted by Crippen LogP contribution is -2.37. The summed E-state index contributed by atoms with van der Waals surface area (Å²) in [5, 5.41) is 17.1. The molecule has 1 heterocycles. The van der Waals surface area contributed by atoms with Gasteiger partial charge in [-0.05, 0) is 55.5 Å². The van der Waals surface area contributed by atoms with Gasteiger partial charge in [0.1, 0.15) is 11.4 Å². The molecule has 0 bridgehead atoms. The fourth-order valence-electron chi connectivity index (χ4n) is 3.02. The SMILES string of the molecule is CCOc1ccc(NC(=S)NC(=O)c2ccc(N3CCOCC3)c([N+](=O)[O-])c2)cc1. The van der Waals surface area contributed by atoms with E-state index in [4.69, 9.17) is 21.7 Å². The number of hydrogen-bond acceptors (Lipinski definition) is 7. The highest BCUT2D eigenvalue weighted by Gasteiger charge is 2.23. The van der Waals surface area contributed by atoms with Crippen LogP contribution in [0.2, 0.25) is 0 Å². The predicted molar refractivity (Wildman–Crippen MR) is 117 cm³/mol. The molecule has 10 heteroatoms. The number of nitrogens with zero attached hydrogens (tertiary/aromatic N) is 2. The van der Waals surface area contributed by atoms with Crippen molar-refractivity contribution >= 4 is 40.3 Å². The van der Waals surface area contributed by atoms with Crippen LogP contribution in [0.4, 0.5) is 17.1 Å². The van der Waals surface area contributed by atoms with Crippen molar-refractivity contribution in [2.24, 2.45) is 0 Å². The highest BCUT2D eigenvalue weighted by atomic mass is 32.1. The number of nitro groups is 1. The number of carbonyl (C=O) groups is 1. The van der Waals surface area contributed by atoms with Crippen molar-refractivity contribution in [2.75, 3.05) is 43.1 Å². The lowest BCUT2D eigenvalue weighted by atomic mass is 10.1. The third-order valence-corrected chi connectivity index (χ3v) is 4.64. The van der Waals surface area contributed by atoms with Crippen molar-refractivity contribution in [3.63, 3.8) is 0 Å². The van der Waals surface area contributed by atoms with Gasteiger partial charge < -0.3 is 19.7 Å². The van der Waals surface area contributed by atoms with Crippen molar-refractivity contribution in [1.82, 2.24) is 5.32 Å². The Kier molecular flexibility index (Phi) is 7.15. The zero-order valence-corrected chi connectivity index (χ0v) is 17.2. The maximum absolute atomic E-state index is 12.5. The van der Waals surface area contributed by atoms with Gasteiger partial charge in [-0.15, -0.1) is 0 Å². The summed E-state index contributed by atoms with van der Waals surface area (Å²) < 4.78 is 10.7. The summed E-state index contributed by atoms with van der Waals surface area (Å²) >= 11 is 5.18. The largest absolute Gasteiger partial charge is 0.494 e. The summed E-state index contributed by atoms with van der Waals surface area (Å²) in [6, 6.07) is 11.5. The van der Waals surface area contributed by atoms with E-state index in [1.54, 1.807) is 36.4 Å². The summed E-state index contributed by atoms with van der Waals surface area (Å²) in [5.74, 6) is 0.195. The topological polar surface area (TPSA) is 106 Å². The summed E-state index contributed by atoms with van der Waals surface area (Å²) in [6.45, 7) is 4.59. The van der Waals surface area contributed by atoms with E-state index in [2.05, 4.69) is 10.6 Å². The zero-order valence-electron chi connectivity index (χ0n) is 16.4. The number of nitro benzene ring substituents is 1. The number of amides is 1. The molecule has 0 spiro atoms. The van der Waals surface area contributed by atoms with Crippen LogP contribution in [-0.2, 0) is 4.74 Å². The lowest BCUT2D eigenvalue weighted by molar-refractivity contribution is -0.384. The molecule has 1 aliphatic rings. The molecule has 30 heavy (non-hydrogen) atoms. The zero-order chi connectivity index (χ0) is 21.5. The summed E-state index contributed by atoms with van der Waals surface area (Å²) in [4.78, 5) is 25.5. The third kappa shape index (κ3) is 5.43. The first-order valence-corrected chi connectivity index (χ1v) is 9.85. The molecule has 3 rings (SSSR count). The monoisotopic (exact) mass is 430 g/mol. The first-order chi connectivity index (χ1) is 14.5. The van der Waals surface area contributed by atoms with E-state index in [9.17, 15) is 14.9 Å². The van der Waals surface area contributed by atoms with Crippen LogP contribution >= 0.6 is 12.2 Å². The van der Waals surface area contributed by atoms with Crippen molar-refractivity contribution in [3.8, 4) is 5.75 Å². The van der Waals surface area contributed by atoms with Gasteiger partial charge in [-0.3, -0.25) is 20.2 Å². The van der Waals surface area contributed by atoms with Gasteiger partial charge in [-0.2, -0.15) is 0 Å². The van der Waals surface area contributed by atoms with E-state index in [0.717, 1.165) is 5.75 Å². The van der Waals surface area contributed by atoms with E-state index in [0.29, 0.717) is 44.3 Å². The molecule has 0 saturated carbocycles. The Morgan fingerprint density at radius 3 is 2.57 bits per heavy atom. The average Bonchev–Trinajstić information content (AvgIpc) is 2.75. The van der Waals surface area contributed by atoms with Crippen LogP contribution in [0, 0.1) is 10.1 Å². The number of carbonyl (C=O) groups excluding carboxylic acids is 1. The molecular formula is C20H22N4O5S. The number of hydrogen-bond donors (Lipinski definition) is 2. The summed E-state index contributed by atoms with van der Waals surface area (Å²) in [6.07, 6.45) is 0. The highest BCUT2D eigenvalue weighted by Crippen LogP contribution is 2.30. The fourth-order valence-corrected chi connectivity index (χ4v) is 3.23. The van der Waals surface area contributed by atoms with Crippen LogP contribution in [0.15, 0.2) is 42.5 Å². The van der Waals surface area contributed by atoms with Gasteiger partial charge in [0, 0.05) is 30.4 Å². The van der Waals surface area contributed by atoms with Crippen molar-refractivity contribution in [3.05, 3.63) is 58.1 Å². The third-order valence-electron chi connectivity index (χ3n) is 4.44. The second-order valence-corrected chi connectivity index (χ2v) is 6.83. The number of rotatable bonds is 6. The van der Waals surface area contributed by atoms with Gasteiger partial charge in [0.25, 0.3) is 11.6 Å². The minimum Gasteiger partial charge on any atom is -0.494 e. The number of anilines is 2. The maximum Gasteiger partial charge on any atom is 0.293 e. The molecule has 1 fully saturated rings. The van der Waals surface area contributed by atoms with Gasteiger partial charge in [0.2, 0.25) is 0 Å². The molecule has 2 aromatic carbocycles. The summed E-state index contributed by atoms with van der Waals surface area (Å²) in [5.41, 5.74) is 1.16. The molecule has 1 aliphatic heterocycles. The molecule has 158 valence electrons. The van der Waals surface area contributed by atoms with Crippen molar-refractivity contribution < 1.29 is 19.2 Å². The number of benzene rings is 2. The van der Waals surface area contributed by atoms with Crippen LogP contribution in [-0.4, -0.2) is 48.9 Å². The Bertz CT molecular complexity index is 929. The van der Waals surface area contributed by atoms with E-state index in [1.807, 2.05) is 11.8 Å². The fraction of sp³-hybridized carbons (Fsp3) is 0.300. The van der Waals surface area contributed by atoms with E-state index >= 15 is 0 Å². The second kappa shape index (κ2) is 9.99. The quantitative estimate of drug-likeness (QED) is 0.409. The molecule has 0 aromatic heterocycles. The number of thiocarbonyl (C=S) groups is 1. The normalized spacial score (nSPS) is 13.4. The van der Waals surface area contributed by atoms with Crippen molar-refractivity contribution in [2.45, 2.75) is 6.92 Å². The van der Waals surface area contributed by atoms with E-state index < -0.39 is 10.8 Å². The molecule has 2 N–H and O–H groups in total. The molecule has 1 saturated heterocycles. The average molecular weight is 430 g/mol. The van der Waals surface area contributed by atoms with Gasteiger partial charge in [-0.25, -0.2) is 0 Å². The van der Waals surface area contributed by atoms with E-state index in [-0.39, 0.29) is 16.4 Å². The maximum atomic E-state index is 12.5. The Labute approximate surface area is 179 Å². The molecule has 0 aliphatic carbocycles. The Hall–Kier alpha value is -3.24. The first-order valence-electron chi connectivity index (χ1n) is 9.44. The van der Waals surface area contributed by atoms with Crippen LogP contribution in [0.5, 0.6) is 5.75 Å². The van der Waals surface area contributed by atoms with E-state index in [1.165, 1.54) is 6.07 Å². The number of morpholine rings is 1. The predicted octanol–water partition coefficient (Wildman–Crippen LogP) is 2.96. The van der Waals surface area contributed by atoms with Gasteiger partial charge >= 0.3 is 0 Å². The van der Waals surface area contributed by atoms with Crippen LogP contribution in [0.3, 0.4) is 0 Å². The van der Waals surface area contributed by atoms with Gasteiger partial charge in [0.05, 0.1) is 24.7 Å². The van der Waals surface area contributed by atoms with Gasteiger partial charge in [0.15, 0.2) is 5.11 Å². The molecule has 0 unspecified atom stereocenters. The Morgan fingerprint density at radius 2 is 1.93 bits per heavy atom. The molecular weight excluding hydrogens is 408 g/mol.